The third kappa shape index (κ3) is 3.33. The molecule has 0 saturated heterocycles. The van der Waals surface area contributed by atoms with E-state index in [-0.39, 0.29) is 0 Å². The molecule has 0 aromatic carbocycles. The van der Waals surface area contributed by atoms with Crippen LogP contribution in [0.4, 0.5) is 0 Å². The van der Waals surface area contributed by atoms with E-state index in [1.165, 1.54) is 12.8 Å². The minimum atomic E-state index is 0.499. The van der Waals surface area contributed by atoms with Crippen molar-refractivity contribution in [1.29, 1.82) is 0 Å². The lowest BCUT2D eigenvalue weighted by molar-refractivity contribution is 0.275. The molecule has 0 radical (unpaired) electrons. The zero-order valence-corrected chi connectivity index (χ0v) is 12.0. The van der Waals surface area contributed by atoms with Gasteiger partial charge in [-0.25, -0.2) is 9.67 Å². The van der Waals surface area contributed by atoms with Crippen molar-refractivity contribution in [2.24, 2.45) is 7.05 Å². The van der Waals surface area contributed by atoms with Gasteiger partial charge in [0, 0.05) is 31.1 Å². The Morgan fingerprint density at radius 2 is 2.37 bits per heavy atom. The van der Waals surface area contributed by atoms with Crippen molar-refractivity contribution in [1.82, 2.24) is 20.1 Å². The van der Waals surface area contributed by atoms with E-state index in [2.05, 4.69) is 20.8 Å². The van der Waals surface area contributed by atoms with Gasteiger partial charge in [-0.05, 0) is 19.8 Å². The summed E-state index contributed by atoms with van der Waals surface area (Å²) in [6.45, 7) is 3.33. The maximum Gasteiger partial charge on any atom is 0.212 e. The van der Waals surface area contributed by atoms with E-state index in [1.54, 1.807) is 16.0 Å². The summed E-state index contributed by atoms with van der Waals surface area (Å²) in [7, 11) is 1.88. The van der Waals surface area contributed by atoms with Gasteiger partial charge in [0.25, 0.3) is 0 Å². The first-order valence-corrected chi connectivity index (χ1v) is 7.39. The number of thiazole rings is 1. The Kier molecular flexibility index (Phi) is 3.52. The van der Waals surface area contributed by atoms with E-state index in [0.717, 1.165) is 34.9 Å². The summed E-state index contributed by atoms with van der Waals surface area (Å²) in [5, 5.41) is 10.9. The predicted molar refractivity (Wildman–Crippen MR) is 74.3 cm³/mol. The summed E-state index contributed by atoms with van der Waals surface area (Å²) in [5.41, 5.74) is 1.95. The van der Waals surface area contributed by atoms with Crippen molar-refractivity contribution < 1.29 is 4.74 Å². The minimum absolute atomic E-state index is 0.499. The molecule has 1 saturated carbocycles. The molecule has 1 N–H and O–H groups in total. The SMILES string of the molecule is Cc1cc(OCc2csc(CNC3CC3)n2)n(C)n1. The fraction of sp³-hybridized carbons (Fsp3) is 0.538. The predicted octanol–water partition coefficient (Wildman–Crippen LogP) is 2.02. The van der Waals surface area contributed by atoms with Gasteiger partial charge in [0.1, 0.15) is 11.6 Å². The Morgan fingerprint density at radius 3 is 3.05 bits per heavy atom. The summed E-state index contributed by atoms with van der Waals surface area (Å²) >= 11 is 1.69. The van der Waals surface area contributed by atoms with Crippen molar-refractivity contribution in [2.45, 2.75) is 39.0 Å². The molecule has 1 aliphatic rings. The molecule has 2 heterocycles. The van der Waals surface area contributed by atoms with Crippen LogP contribution in [0.25, 0.3) is 0 Å². The van der Waals surface area contributed by atoms with Crippen LogP contribution in [0.1, 0.15) is 29.2 Å². The normalized spacial score (nSPS) is 14.8. The van der Waals surface area contributed by atoms with Gasteiger partial charge in [0.2, 0.25) is 5.88 Å². The van der Waals surface area contributed by atoms with Gasteiger partial charge in [0.15, 0.2) is 0 Å². The summed E-state index contributed by atoms with van der Waals surface area (Å²) < 4.78 is 7.47. The van der Waals surface area contributed by atoms with Gasteiger partial charge in [-0.15, -0.1) is 11.3 Å². The van der Waals surface area contributed by atoms with Crippen molar-refractivity contribution in [3.8, 4) is 5.88 Å². The summed E-state index contributed by atoms with van der Waals surface area (Å²) in [5.74, 6) is 0.781. The molecular weight excluding hydrogens is 260 g/mol. The quantitative estimate of drug-likeness (QED) is 0.878. The van der Waals surface area contributed by atoms with Gasteiger partial charge in [-0.1, -0.05) is 0 Å². The van der Waals surface area contributed by atoms with E-state index in [9.17, 15) is 0 Å². The van der Waals surface area contributed by atoms with Gasteiger partial charge in [0.05, 0.1) is 11.4 Å². The Morgan fingerprint density at radius 1 is 1.53 bits per heavy atom. The van der Waals surface area contributed by atoms with Crippen LogP contribution in [0, 0.1) is 6.92 Å². The molecule has 0 amide bonds. The molecule has 0 atom stereocenters. The molecule has 3 rings (SSSR count). The molecule has 1 aliphatic carbocycles. The van der Waals surface area contributed by atoms with Gasteiger partial charge < -0.3 is 10.1 Å². The smallest absolute Gasteiger partial charge is 0.212 e. The minimum Gasteiger partial charge on any atom is -0.471 e. The molecule has 19 heavy (non-hydrogen) atoms. The molecule has 6 heteroatoms. The van der Waals surface area contributed by atoms with Crippen LogP contribution in [-0.2, 0) is 20.2 Å². The van der Waals surface area contributed by atoms with Crippen molar-refractivity contribution in [3.63, 3.8) is 0 Å². The largest absolute Gasteiger partial charge is 0.471 e. The number of aryl methyl sites for hydroxylation is 2. The maximum absolute atomic E-state index is 5.72. The third-order valence-corrected chi connectivity index (χ3v) is 3.94. The number of rotatable bonds is 6. The second-order valence-electron chi connectivity index (χ2n) is 4.92. The molecule has 2 aromatic rings. The highest BCUT2D eigenvalue weighted by Crippen LogP contribution is 2.20. The molecule has 0 aliphatic heterocycles. The average Bonchev–Trinajstić information content (AvgIpc) is 3.01. The van der Waals surface area contributed by atoms with E-state index < -0.39 is 0 Å². The maximum atomic E-state index is 5.72. The van der Waals surface area contributed by atoms with Crippen LogP contribution in [0.2, 0.25) is 0 Å². The van der Waals surface area contributed by atoms with Gasteiger partial charge in [-0.3, -0.25) is 0 Å². The van der Waals surface area contributed by atoms with E-state index >= 15 is 0 Å². The monoisotopic (exact) mass is 278 g/mol. The lowest BCUT2D eigenvalue weighted by Gasteiger charge is -2.03. The Labute approximate surface area is 116 Å². The Hall–Kier alpha value is -1.40. The number of hydrogen-bond donors (Lipinski definition) is 1. The van der Waals surface area contributed by atoms with Gasteiger partial charge in [-0.2, -0.15) is 5.10 Å². The van der Waals surface area contributed by atoms with Crippen LogP contribution >= 0.6 is 11.3 Å². The topological polar surface area (TPSA) is 52.0 Å². The molecule has 0 unspecified atom stereocenters. The van der Waals surface area contributed by atoms with Crippen LogP contribution < -0.4 is 10.1 Å². The van der Waals surface area contributed by atoms with Crippen molar-refractivity contribution in [2.75, 3.05) is 0 Å². The first-order valence-electron chi connectivity index (χ1n) is 6.51. The molecule has 102 valence electrons. The lowest BCUT2D eigenvalue weighted by Crippen LogP contribution is -2.15. The molecule has 0 spiro atoms. The van der Waals surface area contributed by atoms with Crippen LogP contribution in [0.3, 0.4) is 0 Å². The Balaban J connectivity index is 1.53. The van der Waals surface area contributed by atoms with E-state index in [1.807, 2.05) is 20.0 Å². The number of nitrogens with one attached hydrogen (secondary N) is 1. The highest BCUT2D eigenvalue weighted by Gasteiger charge is 2.20. The molecule has 1 fully saturated rings. The summed E-state index contributed by atoms with van der Waals surface area (Å²) in [6, 6.07) is 2.66. The average molecular weight is 278 g/mol. The van der Waals surface area contributed by atoms with Gasteiger partial charge >= 0.3 is 0 Å². The number of aromatic nitrogens is 3. The molecule has 0 bridgehead atoms. The highest BCUT2D eigenvalue weighted by atomic mass is 32.1. The molecule has 2 aromatic heterocycles. The Bertz CT molecular complexity index is 559. The van der Waals surface area contributed by atoms with Crippen LogP contribution in [0.15, 0.2) is 11.4 Å². The second-order valence-corrected chi connectivity index (χ2v) is 5.87. The number of nitrogens with zero attached hydrogens (tertiary/aromatic N) is 3. The lowest BCUT2D eigenvalue weighted by atomic mass is 10.5. The fourth-order valence-corrected chi connectivity index (χ4v) is 2.61. The number of hydrogen-bond acceptors (Lipinski definition) is 5. The third-order valence-electron chi connectivity index (χ3n) is 3.05. The zero-order valence-electron chi connectivity index (χ0n) is 11.2. The molecular formula is C13H18N4OS. The summed E-state index contributed by atoms with van der Waals surface area (Å²) in [4.78, 5) is 4.56. The van der Waals surface area contributed by atoms with Crippen LogP contribution in [0.5, 0.6) is 5.88 Å². The van der Waals surface area contributed by atoms with E-state index in [4.69, 9.17) is 4.74 Å². The first-order chi connectivity index (χ1) is 9.20. The zero-order chi connectivity index (χ0) is 13.2. The van der Waals surface area contributed by atoms with E-state index in [0.29, 0.717) is 6.61 Å². The second kappa shape index (κ2) is 5.30. The van der Waals surface area contributed by atoms with Crippen molar-refractivity contribution in [3.05, 3.63) is 27.8 Å². The standard InChI is InChI=1S/C13H18N4OS/c1-9-5-13(17(2)16-9)18-7-11-8-19-12(15-11)6-14-10-3-4-10/h5,8,10,14H,3-4,6-7H2,1-2H3. The number of ether oxygens (including phenoxy) is 1. The highest BCUT2D eigenvalue weighted by molar-refractivity contribution is 7.09. The molecule has 5 nitrogen and oxygen atoms in total. The van der Waals surface area contributed by atoms with Crippen molar-refractivity contribution >= 4 is 11.3 Å². The summed E-state index contributed by atoms with van der Waals surface area (Å²) in [6.07, 6.45) is 2.61. The first kappa shape index (κ1) is 12.6. The van der Waals surface area contributed by atoms with Crippen LogP contribution in [-0.4, -0.2) is 20.8 Å². The fourth-order valence-electron chi connectivity index (χ4n) is 1.89.